The van der Waals surface area contributed by atoms with Gasteiger partial charge in [0, 0.05) is 28.9 Å². The number of hydrogen-bond donors (Lipinski definition) is 3. The Morgan fingerprint density at radius 1 is 1.29 bits per heavy atom. The molecule has 0 radical (unpaired) electrons. The summed E-state index contributed by atoms with van der Waals surface area (Å²) >= 11 is 0. The number of phenols is 1. The average molecular weight is 292 g/mol. The molecule has 0 saturated carbocycles. The van der Waals surface area contributed by atoms with E-state index in [1.165, 1.54) is 25.1 Å². The van der Waals surface area contributed by atoms with Crippen LogP contribution in [0.5, 0.6) is 5.75 Å². The molecule has 4 N–H and O–H groups in total. The average Bonchev–Trinajstić information content (AvgIpc) is 2.43. The van der Waals surface area contributed by atoms with Crippen LogP contribution in [0.4, 0.5) is 14.5 Å². The third kappa shape index (κ3) is 3.28. The fraction of sp³-hybridized carbons (Fsp3) is 0.133. The summed E-state index contributed by atoms with van der Waals surface area (Å²) in [7, 11) is 0. The summed E-state index contributed by atoms with van der Waals surface area (Å²) in [6.45, 7) is 1.61. The van der Waals surface area contributed by atoms with Crippen molar-refractivity contribution in [3.63, 3.8) is 0 Å². The Bertz CT molecular complexity index is 702. The zero-order valence-corrected chi connectivity index (χ0v) is 11.3. The van der Waals surface area contributed by atoms with Crippen LogP contribution in [0.3, 0.4) is 0 Å². The van der Waals surface area contributed by atoms with E-state index in [9.17, 15) is 18.7 Å². The molecule has 0 aliphatic rings. The van der Waals surface area contributed by atoms with Gasteiger partial charge < -0.3 is 16.2 Å². The molecule has 0 heterocycles. The van der Waals surface area contributed by atoms with Crippen LogP contribution in [0.25, 0.3) is 0 Å². The molecule has 0 spiro atoms. The second kappa shape index (κ2) is 5.78. The van der Waals surface area contributed by atoms with Crippen LogP contribution in [0.2, 0.25) is 0 Å². The van der Waals surface area contributed by atoms with Crippen LogP contribution in [0.15, 0.2) is 30.3 Å². The Balaban J connectivity index is 2.27. The van der Waals surface area contributed by atoms with Gasteiger partial charge in [-0.05, 0) is 37.3 Å². The first-order chi connectivity index (χ1) is 9.88. The smallest absolute Gasteiger partial charge is 0.248 e. The summed E-state index contributed by atoms with van der Waals surface area (Å²) in [5.74, 6) is -1.88. The highest BCUT2D eigenvalue weighted by Gasteiger charge is 2.11. The number of nitrogens with two attached hydrogens (primary N) is 1. The number of halogens is 2. The number of rotatable bonds is 4. The Morgan fingerprint density at radius 3 is 2.67 bits per heavy atom. The van der Waals surface area contributed by atoms with Crippen LogP contribution in [0.1, 0.15) is 21.5 Å². The highest BCUT2D eigenvalue weighted by Crippen LogP contribution is 2.23. The zero-order valence-electron chi connectivity index (χ0n) is 11.3. The molecule has 0 aliphatic carbocycles. The monoisotopic (exact) mass is 292 g/mol. The lowest BCUT2D eigenvalue weighted by molar-refractivity contribution is 0.1000. The molecule has 4 nitrogen and oxygen atoms in total. The summed E-state index contributed by atoms with van der Waals surface area (Å²) in [6, 6.07) is 6.02. The minimum Gasteiger partial charge on any atom is -0.508 e. The van der Waals surface area contributed by atoms with Gasteiger partial charge in [0.2, 0.25) is 5.91 Å². The Kier molecular flexibility index (Phi) is 4.07. The molecule has 2 aromatic rings. The summed E-state index contributed by atoms with van der Waals surface area (Å²) in [5.41, 5.74) is 6.14. The maximum Gasteiger partial charge on any atom is 0.248 e. The molecule has 1 amide bonds. The number of hydrogen-bond acceptors (Lipinski definition) is 3. The molecular formula is C15H14F2N2O2. The molecular weight excluding hydrogens is 278 g/mol. The molecule has 0 fully saturated rings. The number of anilines is 1. The van der Waals surface area contributed by atoms with Crippen molar-refractivity contribution in [3.05, 3.63) is 58.7 Å². The van der Waals surface area contributed by atoms with E-state index in [-0.39, 0.29) is 17.9 Å². The number of primary amides is 1. The predicted molar refractivity (Wildman–Crippen MR) is 75.0 cm³/mol. The van der Waals surface area contributed by atoms with Crippen molar-refractivity contribution in [1.29, 1.82) is 0 Å². The lowest BCUT2D eigenvalue weighted by Crippen LogP contribution is -2.13. The lowest BCUT2D eigenvalue weighted by atomic mass is 10.1. The lowest BCUT2D eigenvalue weighted by Gasteiger charge is -2.12. The number of carbonyl (C=O) groups is 1. The van der Waals surface area contributed by atoms with E-state index in [0.717, 1.165) is 12.1 Å². The van der Waals surface area contributed by atoms with E-state index in [2.05, 4.69) is 5.32 Å². The van der Waals surface area contributed by atoms with E-state index in [1.807, 2.05) is 0 Å². The van der Waals surface area contributed by atoms with Gasteiger partial charge in [0.1, 0.15) is 17.4 Å². The van der Waals surface area contributed by atoms with Crippen LogP contribution in [0, 0.1) is 18.6 Å². The Hall–Kier alpha value is -2.63. The molecule has 0 aromatic heterocycles. The van der Waals surface area contributed by atoms with E-state index in [4.69, 9.17) is 5.73 Å². The SMILES string of the molecule is Cc1c(F)cc(C(N)=O)cc1NCc1cc(F)ccc1O. The number of carbonyl (C=O) groups excluding carboxylic acids is 1. The van der Waals surface area contributed by atoms with Gasteiger partial charge in [-0.2, -0.15) is 0 Å². The van der Waals surface area contributed by atoms with Crippen LogP contribution < -0.4 is 11.1 Å². The first kappa shape index (κ1) is 14.8. The molecule has 0 unspecified atom stereocenters. The molecule has 21 heavy (non-hydrogen) atoms. The molecule has 0 saturated heterocycles. The van der Waals surface area contributed by atoms with Gasteiger partial charge in [0.15, 0.2) is 0 Å². The number of nitrogens with one attached hydrogen (secondary N) is 1. The Labute approximate surface area is 120 Å². The minimum atomic E-state index is -0.745. The fourth-order valence-electron chi connectivity index (χ4n) is 1.89. The summed E-state index contributed by atoms with van der Waals surface area (Å²) in [6.07, 6.45) is 0. The van der Waals surface area contributed by atoms with Crippen molar-refractivity contribution in [3.8, 4) is 5.75 Å². The van der Waals surface area contributed by atoms with Crippen LogP contribution in [-0.4, -0.2) is 11.0 Å². The van der Waals surface area contributed by atoms with Crippen molar-refractivity contribution in [2.24, 2.45) is 5.73 Å². The third-order valence-corrected chi connectivity index (χ3v) is 3.14. The van der Waals surface area contributed by atoms with E-state index < -0.39 is 17.5 Å². The number of phenolic OH excluding ortho intramolecular Hbond substituents is 1. The zero-order chi connectivity index (χ0) is 15.6. The molecule has 0 bridgehead atoms. The highest BCUT2D eigenvalue weighted by molar-refractivity contribution is 5.94. The van der Waals surface area contributed by atoms with Crippen LogP contribution >= 0.6 is 0 Å². The first-order valence-electron chi connectivity index (χ1n) is 6.19. The summed E-state index contributed by atoms with van der Waals surface area (Å²) < 4.78 is 26.8. The van der Waals surface area contributed by atoms with Gasteiger partial charge in [-0.25, -0.2) is 8.78 Å². The maximum absolute atomic E-state index is 13.7. The van der Waals surface area contributed by atoms with Crippen molar-refractivity contribution in [1.82, 2.24) is 0 Å². The molecule has 0 aliphatic heterocycles. The van der Waals surface area contributed by atoms with Crippen molar-refractivity contribution < 1.29 is 18.7 Å². The number of aromatic hydroxyl groups is 1. The van der Waals surface area contributed by atoms with Crippen molar-refractivity contribution >= 4 is 11.6 Å². The van der Waals surface area contributed by atoms with Gasteiger partial charge in [0.05, 0.1) is 0 Å². The van der Waals surface area contributed by atoms with Crippen molar-refractivity contribution in [2.45, 2.75) is 13.5 Å². The van der Waals surface area contributed by atoms with Gasteiger partial charge in [-0.15, -0.1) is 0 Å². The van der Waals surface area contributed by atoms with Gasteiger partial charge >= 0.3 is 0 Å². The highest BCUT2D eigenvalue weighted by atomic mass is 19.1. The standard InChI is InChI=1S/C15H14F2N2O2/c1-8-12(17)5-9(15(18)21)6-13(8)19-7-10-4-11(16)2-3-14(10)20/h2-6,19-20H,7H2,1H3,(H2,18,21). The molecule has 0 atom stereocenters. The summed E-state index contributed by atoms with van der Waals surface area (Å²) in [5, 5.41) is 12.5. The molecule has 6 heteroatoms. The van der Waals surface area contributed by atoms with Gasteiger partial charge in [0.25, 0.3) is 0 Å². The predicted octanol–water partition coefficient (Wildman–Crippen LogP) is 2.69. The molecule has 2 rings (SSSR count). The van der Waals surface area contributed by atoms with E-state index >= 15 is 0 Å². The minimum absolute atomic E-state index is 0.0315. The Morgan fingerprint density at radius 2 is 2.00 bits per heavy atom. The largest absolute Gasteiger partial charge is 0.508 e. The van der Waals surface area contributed by atoms with Crippen molar-refractivity contribution in [2.75, 3.05) is 5.32 Å². The second-order valence-corrected chi connectivity index (χ2v) is 4.62. The third-order valence-electron chi connectivity index (χ3n) is 3.14. The maximum atomic E-state index is 13.7. The topological polar surface area (TPSA) is 75.4 Å². The van der Waals surface area contributed by atoms with E-state index in [1.54, 1.807) is 0 Å². The normalized spacial score (nSPS) is 10.4. The second-order valence-electron chi connectivity index (χ2n) is 4.62. The van der Waals surface area contributed by atoms with Gasteiger partial charge in [-0.3, -0.25) is 4.79 Å². The molecule has 2 aromatic carbocycles. The summed E-state index contributed by atoms with van der Waals surface area (Å²) in [4.78, 5) is 11.1. The van der Waals surface area contributed by atoms with Crippen LogP contribution in [-0.2, 0) is 6.54 Å². The fourth-order valence-corrected chi connectivity index (χ4v) is 1.89. The number of benzene rings is 2. The molecule has 110 valence electrons. The number of amides is 1. The van der Waals surface area contributed by atoms with E-state index in [0.29, 0.717) is 16.8 Å². The quantitative estimate of drug-likeness (QED) is 0.811. The first-order valence-corrected chi connectivity index (χ1v) is 6.19. The van der Waals surface area contributed by atoms with Gasteiger partial charge in [-0.1, -0.05) is 0 Å².